The molecule has 0 radical (unpaired) electrons. The number of nitrogens with one attached hydrogen (secondary N) is 1. The summed E-state index contributed by atoms with van der Waals surface area (Å²) in [5.41, 5.74) is 5.67. The zero-order valence-electron chi connectivity index (χ0n) is 17.2. The molecule has 0 spiro atoms. The SMILES string of the molecule is CC(C)(C)OC(=O)N=C(N=CN)c1ccc(C(O)c2cn(-c3ccccc3F)nn2)[nH]1. The zero-order valence-corrected chi connectivity index (χ0v) is 17.2. The number of aromatic nitrogens is 4. The summed E-state index contributed by atoms with van der Waals surface area (Å²) in [6, 6.07) is 9.20. The number of hydrogen-bond donors (Lipinski definition) is 3. The predicted molar refractivity (Wildman–Crippen MR) is 112 cm³/mol. The second kappa shape index (κ2) is 8.88. The Morgan fingerprint density at radius 2 is 2.06 bits per heavy atom. The molecule has 11 heteroatoms. The van der Waals surface area contributed by atoms with Gasteiger partial charge in [0.25, 0.3) is 0 Å². The average Bonchev–Trinajstić information content (AvgIpc) is 3.36. The van der Waals surface area contributed by atoms with Gasteiger partial charge in [-0.05, 0) is 45.0 Å². The number of aliphatic hydroxyl groups excluding tert-OH is 1. The lowest BCUT2D eigenvalue weighted by molar-refractivity contribution is 0.0604. The molecule has 31 heavy (non-hydrogen) atoms. The Morgan fingerprint density at radius 1 is 1.32 bits per heavy atom. The van der Waals surface area contributed by atoms with E-state index in [9.17, 15) is 14.3 Å². The number of rotatable bonds is 4. The van der Waals surface area contributed by atoms with Crippen molar-refractivity contribution in [1.29, 1.82) is 0 Å². The van der Waals surface area contributed by atoms with E-state index in [-0.39, 0.29) is 17.2 Å². The molecular weight excluding hydrogens is 405 g/mol. The van der Waals surface area contributed by atoms with Crippen LogP contribution in [0.5, 0.6) is 0 Å². The van der Waals surface area contributed by atoms with E-state index < -0.39 is 23.6 Å². The Hall–Kier alpha value is -3.86. The predicted octanol–water partition coefficient (Wildman–Crippen LogP) is 2.48. The Balaban J connectivity index is 1.84. The molecule has 0 saturated carbocycles. The Bertz CT molecular complexity index is 1130. The molecule has 162 valence electrons. The van der Waals surface area contributed by atoms with Crippen molar-refractivity contribution in [2.24, 2.45) is 15.7 Å². The van der Waals surface area contributed by atoms with Crippen LogP contribution in [0.4, 0.5) is 9.18 Å². The number of amidine groups is 1. The fourth-order valence-electron chi connectivity index (χ4n) is 2.62. The Labute approximate surface area is 177 Å². The number of nitrogens with two attached hydrogens (primary N) is 1. The van der Waals surface area contributed by atoms with Crippen molar-refractivity contribution >= 4 is 18.3 Å². The van der Waals surface area contributed by atoms with Crippen LogP contribution in [0.15, 0.2) is 52.6 Å². The van der Waals surface area contributed by atoms with Gasteiger partial charge in [0.15, 0.2) is 5.84 Å². The third-order valence-corrected chi connectivity index (χ3v) is 3.92. The van der Waals surface area contributed by atoms with Crippen LogP contribution in [0.3, 0.4) is 0 Å². The molecule has 2 heterocycles. The minimum absolute atomic E-state index is 0.0230. The number of aromatic amines is 1. The molecule has 0 saturated heterocycles. The summed E-state index contributed by atoms with van der Waals surface area (Å²) < 4.78 is 20.3. The van der Waals surface area contributed by atoms with Crippen molar-refractivity contribution in [3.8, 4) is 5.69 Å². The van der Waals surface area contributed by atoms with Crippen LogP contribution in [0, 0.1) is 5.82 Å². The first-order valence-electron chi connectivity index (χ1n) is 9.28. The third-order valence-electron chi connectivity index (χ3n) is 3.92. The van der Waals surface area contributed by atoms with Gasteiger partial charge in [-0.2, -0.15) is 4.99 Å². The molecular formula is C20H22FN7O3. The average molecular weight is 427 g/mol. The number of carbonyl (C=O) groups excluding carboxylic acids is 1. The van der Waals surface area contributed by atoms with Gasteiger partial charge < -0.3 is 20.6 Å². The molecule has 1 amide bonds. The lowest BCUT2D eigenvalue weighted by atomic mass is 10.2. The number of aliphatic hydroxyl groups is 1. The largest absolute Gasteiger partial charge is 0.442 e. The molecule has 0 bridgehead atoms. The maximum Gasteiger partial charge on any atom is 0.436 e. The van der Waals surface area contributed by atoms with Gasteiger partial charge in [0.05, 0.1) is 23.9 Å². The van der Waals surface area contributed by atoms with Crippen LogP contribution in [0.1, 0.15) is 44.0 Å². The highest BCUT2D eigenvalue weighted by Crippen LogP contribution is 2.21. The summed E-state index contributed by atoms with van der Waals surface area (Å²) in [5.74, 6) is -0.497. The highest BCUT2D eigenvalue weighted by atomic mass is 19.1. The minimum Gasteiger partial charge on any atom is -0.442 e. The first-order chi connectivity index (χ1) is 14.7. The van der Waals surface area contributed by atoms with Gasteiger partial charge in [-0.15, -0.1) is 5.10 Å². The molecule has 1 aromatic carbocycles. The third kappa shape index (κ3) is 5.39. The number of aliphatic imine (C=N–C) groups is 2. The van der Waals surface area contributed by atoms with E-state index in [1.54, 1.807) is 45.0 Å². The van der Waals surface area contributed by atoms with Crippen LogP contribution < -0.4 is 5.73 Å². The first kappa shape index (κ1) is 21.8. The standard InChI is InChI=1S/C20H22FN7O3/c1-20(2,3)31-19(30)25-18(23-11-22)14-9-8-13(24-14)17(29)15-10-28(27-26-15)16-7-5-4-6-12(16)21/h4-11,17,24,29H,1-3H3,(H2,22,23,25,30). The lowest BCUT2D eigenvalue weighted by Crippen LogP contribution is -2.22. The molecule has 2 aromatic heterocycles. The molecule has 4 N–H and O–H groups in total. The number of para-hydroxylation sites is 1. The number of benzene rings is 1. The number of ether oxygens (including phenoxy) is 1. The molecule has 0 fully saturated rings. The van der Waals surface area contributed by atoms with E-state index in [1.165, 1.54) is 23.0 Å². The van der Waals surface area contributed by atoms with Crippen molar-refractivity contribution in [3.05, 3.63) is 65.5 Å². The fraction of sp³-hybridized carbons (Fsp3) is 0.250. The van der Waals surface area contributed by atoms with Crippen LogP contribution in [-0.4, -0.2) is 49.0 Å². The first-order valence-corrected chi connectivity index (χ1v) is 9.28. The topological polar surface area (TPSA) is 144 Å². The number of hydrogen-bond acceptors (Lipinski definition) is 5. The van der Waals surface area contributed by atoms with E-state index in [0.717, 1.165) is 6.34 Å². The van der Waals surface area contributed by atoms with E-state index in [0.29, 0.717) is 11.4 Å². The maximum absolute atomic E-state index is 13.9. The van der Waals surface area contributed by atoms with Crippen LogP contribution in [-0.2, 0) is 4.74 Å². The monoisotopic (exact) mass is 427 g/mol. The van der Waals surface area contributed by atoms with Gasteiger partial charge in [0, 0.05) is 0 Å². The van der Waals surface area contributed by atoms with E-state index in [4.69, 9.17) is 10.5 Å². The molecule has 1 atom stereocenters. The molecule has 3 aromatic rings. The second-order valence-corrected chi connectivity index (χ2v) is 7.46. The zero-order chi connectivity index (χ0) is 22.6. The van der Waals surface area contributed by atoms with Crippen molar-refractivity contribution in [3.63, 3.8) is 0 Å². The van der Waals surface area contributed by atoms with Crippen LogP contribution >= 0.6 is 0 Å². The number of nitrogens with zero attached hydrogens (tertiary/aromatic N) is 5. The van der Waals surface area contributed by atoms with E-state index in [2.05, 4.69) is 25.3 Å². The summed E-state index contributed by atoms with van der Waals surface area (Å²) in [5, 5.41) is 18.4. The van der Waals surface area contributed by atoms with Crippen molar-refractivity contribution < 1.29 is 19.0 Å². The molecule has 0 aliphatic rings. The van der Waals surface area contributed by atoms with Crippen molar-refractivity contribution in [1.82, 2.24) is 20.0 Å². The highest BCUT2D eigenvalue weighted by Gasteiger charge is 2.20. The normalized spacial score (nSPS) is 13.5. The summed E-state index contributed by atoms with van der Waals surface area (Å²) in [7, 11) is 0. The van der Waals surface area contributed by atoms with Gasteiger partial charge in [-0.25, -0.2) is 18.9 Å². The summed E-state index contributed by atoms with van der Waals surface area (Å²) >= 11 is 0. The molecule has 0 aliphatic carbocycles. The fourth-order valence-corrected chi connectivity index (χ4v) is 2.62. The number of amides is 1. The van der Waals surface area contributed by atoms with Crippen molar-refractivity contribution in [2.75, 3.05) is 0 Å². The van der Waals surface area contributed by atoms with Gasteiger partial charge in [0.2, 0.25) is 0 Å². The number of H-pyrrole nitrogens is 1. The van der Waals surface area contributed by atoms with Gasteiger partial charge >= 0.3 is 6.09 Å². The van der Waals surface area contributed by atoms with E-state index >= 15 is 0 Å². The van der Waals surface area contributed by atoms with Gasteiger partial charge in [-0.1, -0.05) is 17.3 Å². The lowest BCUT2D eigenvalue weighted by Gasteiger charge is -2.17. The van der Waals surface area contributed by atoms with Crippen LogP contribution in [0.25, 0.3) is 5.69 Å². The van der Waals surface area contributed by atoms with Crippen LogP contribution in [0.2, 0.25) is 0 Å². The Morgan fingerprint density at radius 3 is 2.74 bits per heavy atom. The maximum atomic E-state index is 13.9. The molecule has 1 unspecified atom stereocenters. The summed E-state index contributed by atoms with van der Waals surface area (Å²) in [4.78, 5) is 22.6. The quantitative estimate of drug-likeness (QED) is 0.431. The molecule has 10 nitrogen and oxygen atoms in total. The molecule has 0 aliphatic heterocycles. The Kier molecular flexibility index (Phi) is 6.25. The minimum atomic E-state index is -1.20. The van der Waals surface area contributed by atoms with Crippen molar-refractivity contribution in [2.45, 2.75) is 32.5 Å². The van der Waals surface area contributed by atoms with Gasteiger partial charge in [-0.3, -0.25) is 0 Å². The van der Waals surface area contributed by atoms with E-state index in [1.807, 2.05) is 0 Å². The van der Waals surface area contributed by atoms with Gasteiger partial charge in [0.1, 0.15) is 28.9 Å². The highest BCUT2D eigenvalue weighted by molar-refractivity contribution is 6.05. The summed E-state index contributed by atoms with van der Waals surface area (Å²) in [6.45, 7) is 5.14. The summed E-state index contributed by atoms with van der Waals surface area (Å²) in [6.07, 6.45) is 0.369. The second-order valence-electron chi connectivity index (χ2n) is 7.46. The number of carbonyl (C=O) groups is 1. The smallest absolute Gasteiger partial charge is 0.436 e. The number of halogens is 1. The molecule has 3 rings (SSSR count).